The number of nitrogens with zero attached hydrogens (tertiary/aromatic N) is 2. The normalized spacial score (nSPS) is 26.2. The summed E-state index contributed by atoms with van der Waals surface area (Å²) in [5.74, 6) is 0. The number of rotatable bonds is 3. The Labute approximate surface area is 84.9 Å². The summed E-state index contributed by atoms with van der Waals surface area (Å²) >= 11 is 4.89. The molecule has 0 aromatic carbocycles. The zero-order valence-corrected chi connectivity index (χ0v) is 8.72. The van der Waals surface area contributed by atoms with Crippen LogP contribution in [0.5, 0.6) is 0 Å². The predicted octanol–water partition coefficient (Wildman–Crippen LogP) is 0.0525. The van der Waals surface area contributed by atoms with Gasteiger partial charge >= 0.3 is 0 Å². The molecule has 1 aliphatic heterocycles. The average molecular weight is 199 g/mol. The molecule has 2 rings (SSSR count). The Morgan fingerprint density at radius 3 is 2.31 bits per heavy atom. The maximum Gasteiger partial charge on any atom is 0.0870 e. The molecule has 0 aromatic heterocycles. The SMILES string of the molecule is NC(=S)CN1CCN(C2CC2)CC1. The highest BCUT2D eigenvalue weighted by Gasteiger charge is 2.30. The number of thiocarbonyl (C=S) groups is 1. The average Bonchev–Trinajstić information content (AvgIpc) is 2.87. The van der Waals surface area contributed by atoms with Gasteiger partial charge in [0, 0.05) is 38.8 Å². The van der Waals surface area contributed by atoms with Crippen molar-refractivity contribution >= 4 is 17.2 Å². The van der Waals surface area contributed by atoms with Crippen LogP contribution in [0.2, 0.25) is 0 Å². The third-order valence-corrected chi connectivity index (χ3v) is 2.98. The monoisotopic (exact) mass is 199 g/mol. The summed E-state index contributed by atoms with van der Waals surface area (Å²) < 4.78 is 0. The van der Waals surface area contributed by atoms with E-state index in [-0.39, 0.29) is 0 Å². The van der Waals surface area contributed by atoms with Gasteiger partial charge in [0.2, 0.25) is 0 Å². The van der Waals surface area contributed by atoms with Crippen molar-refractivity contribution in [2.45, 2.75) is 18.9 Å². The van der Waals surface area contributed by atoms with E-state index in [9.17, 15) is 0 Å². The first kappa shape index (κ1) is 9.37. The van der Waals surface area contributed by atoms with Crippen LogP contribution in [0.3, 0.4) is 0 Å². The van der Waals surface area contributed by atoms with Crippen LogP contribution in [0.15, 0.2) is 0 Å². The van der Waals surface area contributed by atoms with E-state index in [1.165, 1.54) is 25.9 Å². The second kappa shape index (κ2) is 3.90. The van der Waals surface area contributed by atoms with E-state index in [1.807, 2.05) is 0 Å². The summed E-state index contributed by atoms with van der Waals surface area (Å²) in [6, 6.07) is 0.909. The van der Waals surface area contributed by atoms with Gasteiger partial charge in [0.25, 0.3) is 0 Å². The van der Waals surface area contributed by atoms with Crippen molar-refractivity contribution in [3.05, 3.63) is 0 Å². The topological polar surface area (TPSA) is 32.5 Å². The lowest BCUT2D eigenvalue weighted by Gasteiger charge is -2.34. The van der Waals surface area contributed by atoms with Crippen molar-refractivity contribution in [2.75, 3.05) is 32.7 Å². The number of hydrogen-bond donors (Lipinski definition) is 1. The molecule has 0 atom stereocenters. The summed E-state index contributed by atoms with van der Waals surface area (Å²) in [4.78, 5) is 5.57. The van der Waals surface area contributed by atoms with Gasteiger partial charge in [-0.2, -0.15) is 0 Å². The molecule has 1 saturated carbocycles. The molecule has 0 unspecified atom stereocenters. The first-order valence-corrected chi connectivity index (χ1v) is 5.41. The van der Waals surface area contributed by atoms with Crippen LogP contribution in [-0.4, -0.2) is 53.6 Å². The lowest BCUT2D eigenvalue weighted by molar-refractivity contribution is 0.139. The molecule has 74 valence electrons. The van der Waals surface area contributed by atoms with Gasteiger partial charge in [0.1, 0.15) is 0 Å². The van der Waals surface area contributed by atoms with Gasteiger partial charge in [-0.3, -0.25) is 9.80 Å². The first-order chi connectivity index (χ1) is 6.25. The minimum Gasteiger partial charge on any atom is -0.392 e. The molecule has 1 aliphatic carbocycles. The van der Waals surface area contributed by atoms with Crippen LogP contribution in [0.1, 0.15) is 12.8 Å². The molecule has 13 heavy (non-hydrogen) atoms. The van der Waals surface area contributed by atoms with Gasteiger partial charge in [0.15, 0.2) is 0 Å². The first-order valence-electron chi connectivity index (χ1n) is 5.00. The van der Waals surface area contributed by atoms with Crippen LogP contribution in [-0.2, 0) is 0 Å². The summed E-state index contributed by atoms with van der Waals surface area (Å²) in [7, 11) is 0. The maximum atomic E-state index is 5.51. The fraction of sp³-hybridized carbons (Fsp3) is 0.889. The van der Waals surface area contributed by atoms with Gasteiger partial charge in [0.05, 0.1) is 4.99 Å². The Morgan fingerprint density at radius 2 is 1.85 bits per heavy atom. The van der Waals surface area contributed by atoms with Crippen LogP contribution in [0, 0.1) is 0 Å². The maximum absolute atomic E-state index is 5.51. The Kier molecular flexibility index (Phi) is 2.81. The van der Waals surface area contributed by atoms with Crippen molar-refractivity contribution in [3.8, 4) is 0 Å². The standard InChI is InChI=1S/C9H17N3S/c10-9(13)7-11-3-5-12(6-4-11)8-1-2-8/h8H,1-7H2,(H2,10,13). The van der Waals surface area contributed by atoms with Crippen LogP contribution >= 0.6 is 12.2 Å². The summed E-state index contributed by atoms with van der Waals surface area (Å²) in [5.41, 5.74) is 5.51. The largest absolute Gasteiger partial charge is 0.392 e. The van der Waals surface area contributed by atoms with Gasteiger partial charge in [-0.15, -0.1) is 0 Å². The van der Waals surface area contributed by atoms with Crippen LogP contribution in [0.4, 0.5) is 0 Å². The molecule has 2 fully saturated rings. The van der Waals surface area contributed by atoms with Gasteiger partial charge in [-0.1, -0.05) is 12.2 Å². The molecular formula is C9H17N3S. The van der Waals surface area contributed by atoms with Crippen molar-refractivity contribution in [1.29, 1.82) is 0 Å². The lowest BCUT2D eigenvalue weighted by Crippen LogP contribution is -2.49. The smallest absolute Gasteiger partial charge is 0.0870 e. The molecule has 0 aromatic rings. The summed E-state index contributed by atoms with van der Waals surface area (Å²) in [5, 5.41) is 0. The third kappa shape index (κ3) is 2.62. The van der Waals surface area contributed by atoms with Crippen molar-refractivity contribution < 1.29 is 0 Å². The molecule has 2 aliphatic rings. The molecule has 3 nitrogen and oxygen atoms in total. The highest BCUT2D eigenvalue weighted by Crippen LogP contribution is 2.27. The van der Waals surface area contributed by atoms with Crippen molar-refractivity contribution in [3.63, 3.8) is 0 Å². The zero-order chi connectivity index (χ0) is 9.26. The second-order valence-corrected chi connectivity index (χ2v) is 4.53. The van der Waals surface area contributed by atoms with E-state index in [0.717, 1.165) is 25.7 Å². The molecule has 4 heteroatoms. The van der Waals surface area contributed by atoms with Gasteiger partial charge in [-0.25, -0.2) is 0 Å². The molecule has 0 spiro atoms. The second-order valence-electron chi connectivity index (χ2n) is 4.01. The predicted molar refractivity (Wildman–Crippen MR) is 57.8 cm³/mol. The Morgan fingerprint density at radius 1 is 1.23 bits per heavy atom. The van der Waals surface area contributed by atoms with Crippen LogP contribution in [0.25, 0.3) is 0 Å². The lowest BCUT2D eigenvalue weighted by atomic mass is 10.3. The Bertz CT molecular complexity index is 195. The van der Waals surface area contributed by atoms with E-state index in [2.05, 4.69) is 9.80 Å². The molecule has 0 radical (unpaired) electrons. The molecule has 0 amide bonds. The summed E-state index contributed by atoms with van der Waals surface area (Å²) in [6.45, 7) is 5.47. The molecule has 2 N–H and O–H groups in total. The van der Waals surface area contributed by atoms with Crippen molar-refractivity contribution in [2.24, 2.45) is 5.73 Å². The minimum absolute atomic E-state index is 0.625. The molecular weight excluding hydrogens is 182 g/mol. The van der Waals surface area contributed by atoms with E-state index in [1.54, 1.807) is 0 Å². The molecule has 1 heterocycles. The van der Waals surface area contributed by atoms with Crippen molar-refractivity contribution in [1.82, 2.24) is 9.80 Å². The highest BCUT2D eigenvalue weighted by atomic mass is 32.1. The quantitative estimate of drug-likeness (QED) is 0.651. The van der Waals surface area contributed by atoms with E-state index in [0.29, 0.717) is 4.99 Å². The third-order valence-electron chi connectivity index (χ3n) is 2.85. The molecule has 0 bridgehead atoms. The van der Waals surface area contributed by atoms with E-state index in [4.69, 9.17) is 18.0 Å². The molecule has 1 saturated heterocycles. The number of nitrogens with two attached hydrogens (primary N) is 1. The van der Waals surface area contributed by atoms with Gasteiger partial charge < -0.3 is 5.73 Å². The minimum atomic E-state index is 0.625. The summed E-state index contributed by atoms with van der Waals surface area (Å²) in [6.07, 6.45) is 2.82. The zero-order valence-electron chi connectivity index (χ0n) is 7.91. The van der Waals surface area contributed by atoms with Crippen LogP contribution < -0.4 is 5.73 Å². The van der Waals surface area contributed by atoms with E-state index < -0.39 is 0 Å². The highest BCUT2D eigenvalue weighted by molar-refractivity contribution is 7.80. The van der Waals surface area contributed by atoms with Gasteiger partial charge in [-0.05, 0) is 12.8 Å². The Balaban J connectivity index is 1.72. The Hall–Kier alpha value is -0.190. The fourth-order valence-corrected chi connectivity index (χ4v) is 2.13. The fourth-order valence-electron chi connectivity index (χ4n) is 1.95. The van der Waals surface area contributed by atoms with E-state index >= 15 is 0 Å². The number of piperazine rings is 1. The number of hydrogen-bond acceptors (Lipinski definition) is 3.